The molecule has 88 valence electrons. The van der Waals surface area contributed by atoms with Gasteiger partial charge in [-0.25, -0.2) is 9.13 Å². The smallest absolute Gasteiger partial charge is 0.243 e. The van der Waals surface area contributed by atoms with Gasteiger partial charge in [-0.15, -0.1) is 0 Å². The van der Waals surface area contributed by atoms with Crippen LogP contribution in [0.3, 0.4) is 0 Å². The summed E-state index contributed by atoms with van der Waals surface area (Å²) in [6.07, 6.45) is 5.60. The van der Waals surface area contributed by atoms with Crippen LogP contribution in [0.1, 0.15) is 0 Å². The van der Waals surface area contributed by atoms with E-state index >= 15 is 0 Å². The van der Waals surface area contributed by atoms with E-state index in [0.717, 1.165) is 0 Å². The molecule has 0 atom stereocenters. The number of hydrogen-bond acceptors (Lipinski definition) is 3. The topological polar surface area (TPSA) is 90.3 Å². The Kier molecular flexibility index (Phi) is 4.84. The normalized spacial score (nSPS) is 10.1. The molecular formula is C9H16N5OS+. The molecule has 0 unspecified atom stereocenters. The molecule has 0 aliphatic rings. The van der Waals surface area contributed by atoms with Crippen molar-refractivity contribution in [1.82, 2.24) is 4.57 Å². The van der Waals surface area contributed by atoms with Crippen molar-refractivity contribution in [2.24, 2.45) is 23.5 Å². The standard InChI is InChI=1S/C9H16N5OS/c1-13-3-4-14(7-13)6-8(15)16-5-2-12-9(10)11/h3-4,7H,2,5-6H2,1H3,(H4,10,11,12)/q+1. The average molecular weight is 242 g/mol. The van der Waals surface area contributed by atoms with Crippen LogP contribution >= 0.6 is 11.8 Å². The zero-order chi connectivity index (χ0) is 12.0. The molecule has 0 amide bonds. The van der Waals surface area contributed by atoms with Crippen molar-refractivity contribution in [3.63, 3.8) is 0 Å². The molecule has 4 N–H and O–H groups in total. The molecule has 0 aliphatic heterocycles. The molecule has 0 fully saturated rings. The number of aliphatic imine (C=N–C) groups is 1. The Morgan fingerprint density at radius 3 is 2.88 bits per heavy atom. The van der Waals surface area contributed by atoms with Crippen molar-refractivity contribution >= 4 is 22.8 Å². The van der Waals surface area contributed by atoms with Gasteiger partial charge in [0.15, 0.2) is 12.5 Å². The number of thioether (sulfide) groups is 1. The van der Waals surface area contributed by atoms with Gasteiger partial charge in [0, 0.05) is 5.75 Å². The Morgan fingerprint density at radius 2 is 2.31 bits per heavy atom. The fraction of sp³-hybridized carbons (Fsp3) is 0.444. The van der Waals surface area contributed by atoms with E-state index in [0.29, 0.717) is 18.8 Å². The number of carbonyl (C=O) groups excluding carboxylic acids is 1. The highest BCUT2D eigenvalue weighted by Gasteiger charge is 2.07. The number of carbonyl (C=O) groups is 1. The van der Waals surface area contributed by atoms with Crippen molar-refractivity contribution in [3.8, 4) is 0 Å². The summed E-state index contributed by atoms with van der Waals surface area (Å²) in [6, 6.07) is 0. The van der Waals surface area contributed by atoms with E-state index in [1.54, 1.807) is 0 Å². The molecule has 0 aromatic carbocycles. The molecule has 0 bridgehead atoms. The maximum atomic E-state index is 11.5. The van der Waals surface area contributed by atoms with Gasteiger partial charge in [0.05, 0.1) is 13.6 Å². The van der Waals surface area contributed by atoms with Crippen molar-refractivity contribution < 1.29 is 9.36 Å². The number of guanidine groups is 1. The fourth-order valence-corrected chi connectivity index (χ4v) is 1.77. The van der Waals surface area contributed by atoms with Crippen LogP contribution in [0, 0.1) is 0 Å². The molecule has 16 heavy (non-hydrogen) atoms. The number of rotatable bonds is 5. The second-order valence-corrected chi connectivity index (χ2v) is 4.43. The molecule has 0 saturated carbocycles. The zero-order valence-corrected chi connectivity index (χ0v) is 9.98. The Labute approximate surface area is 98.3 Å². The van der Waals surface area contributed by atoms with Crippen molar-refractivity contribution in [2.45, 2.75) is 6.54 Å². The van der Waals surface area contributed by atoms with Gasteiger partial charge in [-0.1, -0.05) is 11.8 Å². The number of hydrogen-bond donors (Lipinski definition) is 2. The molecule has 6 nitrogen and oxygen atoms in total. The first-order valence-electron chi connectivity index (χ1n) is 4.80. The molecule has 1 rings (SSSR count). The van der Waals surface area contributed by atoms with Gasteiger partial charge in [0.25, 0.3) is 0 Å². The van der Waals surface area contributed by atoms with Crippen molar-refractivity contribution in [2.75, 3.05) is 12.3 Å². The lowest BCUT2D eigenvalue weighted by molar-refractivity contribution is -0.671. The van der Waals surface area contributed by atoms with E-state index in [2.05, 4.69) is 4.99 Å². The summed E-state index contributed by atoms with van der Waals surface area (Å²) in [5, 5.41) is 0.0991. The SMILES string of the molecule is C[n+]1ccn(CC(=O)SCCN=C(N)N)c1. The second kappa shape index (κ2) is 6.16. The van der Waals surface area contributed by atoms with E-state index in [1.807, 2.05) is 34.9 Å². The third-order valence-electron chi connectivity index (χ3n) is 1.78. The summed E-state index contributed by atoms with van der Waals surface area (Å²) in [5.74, 6) is 0.662. The van der Waals surface area contributed by atoms with Crippen LogP contribution in [0.15, 0.2) is 23.7 Å². The highest BCUT2D eigenvalue weighted by Crippen LogP contribution is 2.03. The van der Waals surface area contributed by atoms with E-state index in [-0.39, 0.29) is 11.1 Å². The zero-order valence-electron chi connectivity index (χ0n) is 9.17. The van der Waals surface area contributed by atoms with E-state index in [1.165, 1.54) is 11.8 Å². The number of nitrogens with two attached hydrogens (primary N) is 2. The van der Waals surface area contributed by atoms with Gasteiger partial charge in [0.2, 0.25) is 11.4 Å². The van der Waals surface area contributed by atoms with Crippen LogP contribution in [0.5, 0.6) is 0 Å². The van der Waals surface area contributed by atoms with Gasteiger partial charge in [0.1, 0.15) is 12.4 Å². The third kappa shape index (κ3) is 4.83. The van der Waals surface area contributed by atoms with Crippen LogP contribution in [-0.4, -0.2) is 27.9 Å². The molecule has 1 heterocycles. The van der Waals surface area contributed by atoms with Crippen LogP contribution in [0.2, 0.25) is 0 Å². The minimum Gasteiger partial charge on any atom is -0.370 e. The largest absolute Gasteiger partial charge is 0.370 e. The number of aromatic nitrogens is 2. The Balaban J connectivity index is 2.24. The van der Waals surface area contributed by atoms with E-state index in [4.69, 9.17) is 11.5 Å². The van der Waals surface area contributed by atoms with Crippen molar-refractivity contribution in [1.29, 1.82) is 0 Å². The Morgan fingerprint density at radius 1 is 1.56 bits per heavy atom. The molecule has 1 aromatic rings. The molecule has 0 spiro atoms. The predicted octanol–water partition coefficient (Wildman–Crippen LogP) is -1.15. The first-order chi connectivity index (χ1) is 7.58. The minimum absolute atomic E-state index is 0.0606. The van der Waals surface area contributed by atoms with Gasteiger partial charge in [-0.3, -0.25) is 9.79 Å². The minimum atomic E-state index is 0.0606. The number of imidazole rings is 1. The van der Waals surface area contributed by atoms with Gasteiger partial charge in [-0.05, 0) is 0 Å². The molecule has 0 aliphatic carbocycles. The average Bonchev–Trinajstić information content (AvgIpc) is 2.58. The fourth-order valence-electron chi connectivity index (χ4n) is 1.12. The number of aryl methyl sites for hydroxylation is 1. The van der Waals surface area contributed by atoms with E-state index < -0.39 is 0 Å². The molecule has 0 saturated heterocycles. The summed E-state index contributed by atoms with van der Waals surface area (Å²) in [7, 11) is 1.91. The summed E-state index contributed by atoms with van der Waals surface area (Å²) in [5.41, 5.74) is 10.3. The van der Waals surface area contributed by atoms with Gasteiger partial charge < -0.3 is 11.5 Å². The third-order valence-corrected chi connectivity index (χ3v) is 2.62. The summed E-state index contributed by atoms with van der Waals surface area (Å²) in [6.45, 7) is 0.839. The van der Waals surface area contributed by atoms with Gasteiger partial charge >= 0.3 is 0 Å². The quantitative estimate of drug-likeness (QED) is 0.295. The second-order valence-electron chi connectivity index (χ2n) is 3.28. The number of nitrogens with zero attached hydrogens (tertiary/aromatic N) is 3. The van der Waals surface area contributed by atoms with Crippen LogP contribution in [0.25, 0.3) is 0 Å². The lowest BCUT2D eigenvalue weighted by Crippen LogP contribution is -2.24. The van der Waals surface area contributed by atoms with Crippen molar-refractivity contribution in [3.05, 3.63) is 18.7 Å². The maximum Gasteiger partial charge on any atom is 0.243 e. The highest BCUT2D eigenvalue weighted by atomic mass is 32.2. The Bertz CT molecular complexity index is 383. The van der Waals surface area contributed by atoms with Gasteiger partial charge in [-0.2, -0.15) is 0 Å². The lowest BCUT2D eigenvalue weighted by atomic mass is 10.7. The first-order valence-corrected chi connectivity index (χ1v) is 5.78. The van der Waals surface area contributed by atoms with Crippen LogP contribution in [-0.2, 0) is 18.4 Å². The molecule has 1 aromatic heterocycles. The van der Waals surface area contributed by atoms with E-state index in [9.17, 15) is 4.79 Å². The molecule has 0 radical (unpaired) electrons. The van der Waals surface area contributed by atoms with Crippen LogP contribution in [0.4, 0.5) is 0 Å². The Hall–Kier alpha value is -1.50. The lowest BCUT2D eigenvalue weighted by Gasteiger charge is -1.96. The van der Waals surface area contributed by atoms with Crippen LogP contribution < -0.4 is 16.0 Å². The monoisotopic (exact) mass is 242 g/mol. The summed E-state index contributed by atoms with van der Waals surface area (Å²) >= 11 is 1.24. The summed E-state index contributed by atoms with van der Waals surface area (Å²) in [4.78, 5) is 15.3. The first kappa shape index (κ1) is 12.6. The summed E-state index contributed by atoms with van der Waals surface area (Å²) < 4.78 is 3.72. The highest BCUT2D eigenvalue weighted by molar-refractivity contribution is 8.13. The maximum absolute atomic E-state index is 11.5. The molecule has 7 heteroatoms. The predicted molar refractivity (Wildman–Crippen MR) is 63.7 cm³/mol. The molecular weight excluding hydrogens is 226 g/mol.